The smallest absolute Gasteiger partial charge is 0.277 e. The largest absolute Gasteiger partial charge is 0.507 e. The summed E-state index contributed by atoms with van der Waals surface area (Å²) >= 11 is 9.06. The number of hydrazone groups is 1. The van der Waals surface area contributed by atoms with E-state index >= 15 is 0 Å². The summed E-state index contributed by atoms with van der Waals surface area (Å²) in [4.78, 5) is 21.8. The van der Waals surface area contributed by atoms with Gasteiger partial charge < -0.3 is 9.84 Å². The Kier molecular flexibility index (Phi) is 6.31. The monoisotopic (exact) mass is 427 g/mol. The van der Waals surface area contributed by atoms with Gasteiger partial charge in [-0.15, -0.1) is 0 Å². The number of halogens is 2. The lowest BCUT2D eigenvalue weighted by Gasteiger charge is -2.07. The van der Waals surface area contributed by atoms with Crippen LogP contribution in [0.15, 0.2) is 46.0 Å². The lowest BCUT2D eigenvalue weighted by Crippen LogP contribution is -2.24. The molecule has 0 saturated heterocycles. The Bertz CT molecular complexity index is 844. The Morgan fingerprint density at radius 2 is 2.16 bits per heavy atom. The van der Waals surface area contributed by atoms with E-state index in [1.54, 1.807) is 18.2 Å². The van der Waals surface area contributed by atoms with Crippen molar-refractivity contribution in [2.24, 2.45) is 5.10 Å². The van der Waals surface area contributed by atoms with Crippen LogP contribution in [0.25, 0.3) is 0 Å². The molecule has 0 aliphatic rings. The van der Waals surface area contributed by atoms with E-state index in [0.29, 0.717) is 15.2 Å². The van der Waals surface area contributed by atoms with Crippen molar-refractivity contribution in [3.63, 3.8) is 0 Å². The number of ether oxygens (including phenoxy) is 1. The van der Waals surface area contributed by atoms with E-state index < -0.39 is 10.8 Å². The second kappa shape index (κ2) is 8.45. The average Bonchev–Trinajstić information content (AvgIpc) is 2.55. The maximum absolute atomic E-state index is 11.7. The molecule has 25 heavy (non-hydrogen) atoms. The Labute approximate surface area is 155 Å². The van der Waals surface area contributed by atoms with Crippen molar-refractivity contribution in [1.29, 1.82) is 0 Å². The molecule has 0 aliphatic heterocycles. The molecule has 10 heteroatoms. The number of non-ortho nitro benzene ring substituents is 1. The fourth-order valence-electron chi connectivity index (χ4n) is 1.70. The van der Waals surface area contributed by atoms with E-state index in [9.17, 15) is 20.0 Å². The Morgan fingerprint density at radius 3 is 2.84 bits per heavy atom. The van der Waals surface area contributed by atoms with Gasteiger partial charge in [-0.3, -0.25) is 14.9 Å². The number of hydrogen-bond donors (Lipinski definition) is 2. The number of carbonyl (C=O) groups is 1. The molecule has 0 aliphatic carbocycles. The highest BCUT2D eigenvalue weighted by Crippen LogP contribution is 2.27. The van der Waals surface area contributed by atoms with E-state index in [1.807, 2.05) is 0 Å². The minimum atomic E-state index is -0.604. The van der Waals surface area contributed by atoms with Crippen molar-refractivity contribution in [2.45, 2.75) is 0 Å². The third kappa shape index (κ3) is 5.44. The lowest BCUT2D eigenvalue weighted by molar-refractivity contribution is -0.384. The zero-order valence-corrected chi connectivity index (χ0v) is 14.8. The third-order valence-electron chi connectivity index (χ3n) is 2.87. The molecule has 0 bridgehead atoms. The van der Waals surface area contributed by atoms with Crippen LogP contribution < -0.4 is 10.2 Å². The number of aromatic hydroxyl groups is 1. The molecule has 0 fully saturated rings. The highest BCUT2D eigenvalue weighted by Gasteiger charge is 2.09. The van der Waals surface area contributed by atoms with Gasteiger partial charge in [-0.2, -0.15) is 5.10 Å². The van der Waals surface area contributed by atoms with Crippen molar-refractivity contribution in [1.82, 2.24) is 5.43 Å². The van der Waals surface area contributed by atoms with Crippen LogP contribution in [0.5, 0.6) is 11.5 Å². The van der Waals surface area contributed by atoms with Gasteiger partial charge in [-0.05, 0) is 40.2 Å². The van der Waals surface area contributed by atoms with Crippen LogP contribution in [0, 0.1) is 10.1 Å². The minimum Gasteiger partial charge on any atom is -0.507 e. The molecule has 0 heterocycles. The van der Waals surface area contributed by atoms with Gasteiger partial charge in [-0.1, -0.05) is 11.6 Å². The van der Waals surface area contributed by atoms with E-state index in [-0.39, 0.29) is 23.6 Å². The summed E-state index contributed by atoms with van der Waals surface area (Å²) in [5.41, 5.74) is 2.08. The number of hydrogen-bond acceptors (Lipinski definition) is 6. The van der Waals surface area contributed by atoms with Crippen LogP contribution >= 0.6 is 27.5 Å². The molecule has 2 rings (SSSR count). The number of rotatable bonds is 6. The van der Waals surface area contributed by atoms with Gasteiger partial charge in [0.05, 0.1) is 15.6 Å². The van der Waals surface area contributed by atoms with Crippen LogP contribution in [-0.4, -0.2) is 28.8 Å². The van der Waals surface area contributed by atoms with Gasteiger partial charge >= 0.3 is 0 Å². The second-order valence-electron chi connectivity index (χ2n) is 4.66. The quantitative estimate of drug-likeness (QED) is 0.416. The molecular weight excluding hydrogens is 418 g/mol. The number of nitro benzene ring substituents is 1. The van der Waals surface area contributed by atoms with Crippen molar-refractivity contribution in [3.8, 4) is 11.5 Å². The second-order valence-corrected chi connectivity index (χ2v) is 5.95. The molecular formula is C15H11BrClN3O5. The molecule has 130 valence electrons. The zero-order valence-electron chi connectivity index (χ0n) is 12.5. The molecule has 2 aromatic rings. The molecule has 0 spiro atoms. The number of amides is 1. The summed E-state index contributed by atoms with van der Waals surface area (Å²) in [5.74, 6) is -0.326. The van der Waals surface area contributed by atoms with Gasteiger partial charge in [-0.25, -0.2) is 5.43 Å². The molecule has 2 aromatic carbocycles. The minimum absolute atomic E-state index is 0.0934. The van der Waals surface area contributed by atoms with Gasteiger partial charge in [0.1, 0.15) is 11.5 Å². The fraction of sp³-hybridized carbons (Fsp3) is 0.0667. The first-order valence-corrected chi connectivity index (χ1v) is 7.91. The molecule has 8 nitrogen and oxygen atoms in total. The van der Waals surface area contributed by atoms with Crippen molar-refractivity contribution in [3.05, 3.63) is 61.6 Å². The Balaban J connectivity index is 1.92. The van der Waals surface area contributed by atoms with Crippen molar-refractivity contribution < 1.29 is 19.6 Å². The molecule has 2 N–H and O–H groups in total. The standard InChI is InChI=1S/C15H11BrClN3O5/c16-12-6-10(17)1-4-14(12)25-8-15(22)19-18-7-9-5-11(20(23)24)2-3-13(9)21/h1-7,21H,8H2,(H,19,22). The average molecular weight is 429 g/mol. The molecule has 0 saturated carbocycles. The number of carbonyl (C=O) groups excluding carboxylic acids is 1. The summed E-state index contributed by atoms with van der Waals surface area (Å²) in [6.07, 6.45) is 1.10. The number of nitrogens with zero attached hydrogens (tertiary/aromatic N) is 2. The number of benzene rings is 2. The van der Waals surface area contributed by atoms with Crippen LogP contribution in [-0.2, 0) is 4.79 Å². The van der Waals surface area contributed by atoms with Crippen molar-refractivity contribution in [2.75, 3.05) is 6.61 Å². The van der Waals surface area contributed by atoms with Crippen LogP contribution in [0.2, 0.25) is 5.02 Å². The van der Waals surface area contributed by atoms with Crippen LogP contribution in [0.3, 0.4) is 0 Å². The van der Waals surface area contributed by atoms with Gasteiger partial charge in [0, 0.05) is 22.7 Å². The number of phenolic OH excluding ortho intramolecular Hbond substituents is 1. The highest BCUT2D eigenvalue weighted by atomic mass is 79.9. The predicted octanol–water partition coefficient (Wildman–Crippen LogP) is 3.25. The van der Waals surface area contributed by atoms with E-state index in [4.69, 9.17) is 16.3 Å². The van der Waals surface area contributed by atoms with Gasteiger partial charge in [0.15, 0.2) is 6.61 Å². The van der Waals surface area contributed by atoms with E-state index in [1.165, 1.54) is 6.07 Å². The normalized spacial score (nSPS) is 10.6. The summed E-state index contributed by atoms with van der Waals surface area (Å²) in [5, 5.41) is 24.5. The molecule has 0 radical (unpaired) electrons. The first kappa shape index (κ1) is 18.7. The predicted molar refractivity (Wildman–Crippen MR) is 95.1 cm³/mol. The Morgan fingerprint density at radius 1 is 1.40 bits per heavy atom. The highest BCUT2D eigenvalue weighted by molar-refractivity contribution is 9.10. The molecule has 1 amide bonds. The summed E-state index contributed by atoms with van der Waals surface area (Å²) in [6, 6.07) is 8.29. The van der Waals surface area contributed by atoms with Gasteiger partial charge in [0.2, 0.25) is 0 Å². The van der Waals surface area contributed by atoms with E-state index in [0.717, 1.165) is 18.3 Å². The zero-order chi connectivity index (χ0) is 18.4. The maximum Gasteiger partial charge on any atom is 0.277 e. The molecule has 0 unspecified atom stereocenters. The SMILES string of the molecule is O=C(COc1ccc(Cl)cc1Br)NN=Cc1cc([N+](=O)[O-])ccc1O. The maximum atomic E-state index is 11.7. The van der Waals surface area contributed by atoms with E-state index in [2.05, 4.69) is 26.5 Å². The topological polar surface area (TPSA) is 114 Å². The number of nitrogens with one attached hydrogen (secondary N) is 1. The lowest BCUT2D eigenvalue weighted by atomic mass is 10.2. The van der Waals surface area contributed by atoms with Crippen LogP contribution in [0.1, 0.15) is 5.56 Å². The van der Waals surface area contributed by atoms with Crippen molar-refractivity contribution >= 4 is 45.3 Å². The number of nitro groups is 1. The molecule has 0 atom stereocenters. The molecule has 0 aromatic heterocycles. The summed E-state index contributed by atoms with van der Waals surface area (Å²) < 4.78 is 5.90. The Hall–Kier alpha value is -2.65. The fourth-order valence-corrected chi connectivity index (χ4v) is 2.50. The summed E-state index contributed by atoms with van der Waals surface area (Å²) in [7, 11) is 0. The number of phenols is 1. The first-order chi connectivity index (χ1) is 11.9. The third-order valence-corrected chi connectivity index (χ3v) is 3.72. The van der Waals surface area contributed by atoms with Crippen LogP contribution in [0.4, 0.5) is 5.69 Å². The van der Waals surface area contributed by atoms with Gasteiger partial charge in [0.25, 0.3) is 11.6 Å². The first-order valence-electron chi connectivity index (χ1n) is 6.74. The summed E-state index contributed by atoms with van der Waals surface area (Å²) in [6.45, 7) is -0.307.